The molecule has 0 bridgehead atoms. The van der Waals surface area contributed by atoms with E-state index < -0.39 is 5.97 Å². The van der Waals surface area contributed by atoms with Gasteiger partial charge in [0, 0.05) is 6.54 Å². The lowest BCUT2D eigenvalue weighted by Crippen LogP contribution is -2.33. The highest BCUT2D eigenvalue weighted by Crippen LogP contribution is 2.31. The molecule has 1 aromatic heterocycles. The van der Waals surface area contributed by atoms with Crippen molar-refractivity contribution in [1.82, 2.24) is 10.3 Å². The number of oxazole rings is 1. The minimum atomic E-state index is -0.775. The molecule has 0 aromatic carbocycles. The predicted octanol–water partition coefficient (Wildman–Crippen LogP) is 1.21. The lowest BCUT2D eigenvalue weighted by molar-refractivity contribution is -0.142. The average Bonchev–Trinajstić information content (AvgIpc) is 2.94. The van der Waals surface area contributed by atoms with Crippen LogP contribution in [0.15, 0.2) is 10.8 Å². The fourth-order valence-electron chi connectivity index (χ4n) is 2.43. The number of nitrogens with zero attached hydrogens (tertiary/aromatic N) is 1. The number of carboxylic acids is 1. The van der Waals surface area contributed by atoms with Crippen LogP contribution in [-0.4, -0.2) is 28.5 Å². The maximum atomic E-state index is 11.8. The van der Waals surface area contributed by atoms with Crippen LogP contribution >= 0.6 is 0 Å². The summed E-state index contributed by atoms with van der Waals surface area (Å²) in [6, 6.07) is 0. The highest BCUT2D eigenvalue weighted by atomic mass is 16.4. The lowest BCUT2D eigenvalue weighted by atomic mass is 9.96. The Kier molecular flexibility index (Phi) is 3.64. The molecular weight excluding hydrogens is 236 g/mol. The minimum Gasteiger partial charge on any atom is -0.481 e. The van der Waals surface area contributed by atoms with E-state index in [1.54, 1.807) is 6.92 Å². The Morgan fingerprint density at radius 1 is 1.56 bits per heavy atom. The van der Waals surface area contributed by atoms with Gasteiger partial charge in [0.15, 0.2) is 6.39 Å². The van der Waals surface area contributed by atoms with Crippen LogP contribution in [0, 0.1) is 18.8 Å². The zero-order valence-electron chi connectivity index (χ0n) is 10.2. The van der Waals surface area contributed by atoms with E-state index in [1.807, 2.05) is 0 Å². The summed E-state index contributed by atoms with van der Waals surface area (Å²) >= 11 is 0. The molecule has 6 nitrogen and oxygen atoms in total. The van der Waals surface area contributed by atoms with Crippen LogP contribution in [0.1, 0.15) is 35.5 Å². The summed E-state index contributed by atoms with van der Waals surface area (Å²) in [5.41, 5.74) is 0.536. The number of carbonyl (C=O) groups excluding carboxylic acids is 1. The highest BCUT2D eigenvalue weighted by Gasteiger charge is 2.33. The van der Waals surface area contributed by atoms with Crippen molar-refractivity contribution >= 4 is 11.9 Å². The van der Waals surface area contributed by atoms with Crippen LogP contribution in [0.5, 0.6) is 0 Å². The number of nitrogens with one attached hydrogen (secondary N) is 1. The zero-order valence-corrected chi connectivity index (χ0v) is 10.2. The van der Waals surface area contributed by atoms with E-state index >= 15 is 0 Å². The van der Waals surface area contributed by atoms with Crippen LogP contribution in [0.3, 0.4) is 0 Å². The van der Waals surface area contributed by atoms with Gasteiger partial charge in [-0.05, 0) is 25.7 Å². The van der Waals surface area contributed by atoms with Gasteiger partial charge in [-0.2, -0.15) is 0 Å². The SMILES string of the molecule is Cc1ncoc1C(=O)NCC1CCCC1C(=O)O. The maximum absolute atomic E-state index is 11.8. The van der Waals surface area contributed by atoms with E-state index in [0.29, 0.717) is 18.7 Å². The molecule has 1 fully saturated rings. The molecule has 0 spiro atoms. The zero-order chi connectivity index (χ0) is 13.1. The van der Waals surface area contributed by atoms with Crippen molar-refractivity contribution in [2.75, 3.05) is 6.54 Å². The number of rotatable bonds is 4. The smallest absolute Gasteiger partial charge is 0.306 e. The molecule has 1 aliphatic carbocycles. The third kappa shape index (κ3) is 2.52. The van der Waals surface area contributed by atoms with Gasteiger partial charge >= 0.3 is 5.97 Å². The highest BCUT2D eigenvalue weighted by molar-refractivity contribution is 5.92. The Labute approximate surface area is 104 Å². The molecule has 0 radical (unpaired) electrons. The molecule has 2 N–H and O–H groups in total. The number of carbonyl (C=O) groups is 2. The molecule has 2 atom stereocenters. The summed E-state index contributed by atoms with van der Waals surface area (Å²) in [5, 5.41) is 11.8. The van der Waals surface area contributed by atoms with Gasteiger partial charge < -0.3 is 14.8 Å². The van der Waals surface area contributed by atoms with Gasteiger partial charge in [-0.15, -0.1) is 0 Å². The molecular formula is C12H16N2O4. The minimum absolute atomic E-state index is 0.00896. The number of carboxylic acid groups (broad SMARTS) is 1. The fourth-order valence-corrected chi connectivity index (χ4v) is 2.43. The first kappa shape index (κ1) is 12.6. The van der Waals surface area contributed by atoms with E-state index in [4.69, 9.17) is 9.52 Å². The van der Waals surface area contributed by atoms with E-state index in [9.17, 15) is 9.59 Å². The van der Waals surface area contributed by atoms with Crippen molar-refractivity contribution in [3.05, 3.63) is 17.8 Å². The molecule has 6 heteroatoms. The third-order valence-corrected chi connectivity index (χ3v) is 3.45. The molecule has 1 saturated carbocycles. The quantitative estimate of drug-likeness (QED) is 0.840. The topological polar surface area (TPSA) is 92.4 Å². The number of aromatic nitrogens is 1. The molecule has 0 saturated heterocycles. The van der Waals surface area contributed by atoms with Crippen LogP contribution in [0.25, 0.3) is 0 Å². The Morgan fingerprint density at radius 3 is 2.94 bits per heavy atom. The number of hydrogen-bond donors (Lipinski definition) is 2. The first-order valence-electron chi connectivity index (χ1n) is 6.00. The molecule has 1 amide bonds. The predicted molar refractivity (Wildman–Crippen MR) is 62.0 cm³/mol. The van der Waals surface area contributed by atoms with Crippen LogP contribution in [0.4, 0.5) is 0 Å². The normalized spacial score (nSPS) is 22.9. The Morgan fingerprint density at radius 2 is 2.33 bits per heavy atom. The van der Waals surface area contributed by atoms with Crippen molar-refractivity contribution in [1.29, 1.82) is 0 Å². The molecule has 2 rings (SSSR count). The summed E-state index contributed by atoms with van der Waals surface area (Å²) in [5.74, 6) is -1.25. The third-order valence-electron chi connectivity index (χ3n) is 3.45. The maximum Gasteiger partial charge on any atom is 0.306 e. The van der Waals surface area contributed by atoms with E-state index in [0.717, 1.165) is 12.8 Å². The van der Waals surface area contributed by atoms with Gasteiger partial charge in [-0.3, -0.25) is 9.59 Å². The second-order valence-electron chi connectivity index (χ2n) is 4.61. The molecule has 0 aliphatic heterocycles. The van der Waals surface area contributed by atoms with Crippen molar-refractivity contribution in [3.8, 4) is 0 Å². The Hall–Kier alpha value is -1.85. The average molecular weight is 252 g/mol. The van der Waals surface area contributed by atoms with Crippen molar-refractivity contribution in [3.63, 3.8) is 0 Å². The van der Waals surface area contributed by atoms with E-state index in [2.05, 4.69) is 10.3 Å². The monoisotopic (exact) mass is 252 g/mol. The molecule has 2 unspecified atom stereocenters. The molecule has 98 valence electrons. The summed E-state index contributed by atoms with van der Waals surface area (Å²) in [6.45, 7) is 2.06. The van der Waals surface area contributed by atoms with Gasteiger partial charge in [0.2, 0.25) is 5.76 Å². The second-order valence-corrected chi connectivity index (χ2v) is 4.61. The number of hydrogen-bond acceptors (Lipinski definition) is 4. The Bertz CT molecular complexity index is 455. The van der Waals surface area contributed by atoms with Crippen molar-refractivity contribution in [2.24, 2.45) is 11.8 Å². The van der Waals surface area contributed by atoms with Gasteiger partial charge in [-0.1, -0.05) is 6.42 Å². The van der Waals surface area contributed by atoms with Crippen LogP contribution < -0.4 is 5.32 Å². The van der Waals surface area contributed by atoms with Crippen LogP contribution in [0.2, 0.25) is 0 Å². The number of aryl methyl sites for hydroxylation is 1. The van der Waals surface area contributed by atoms with E-state index in [-0.39, 0.29) is 23.5 Å². The van der Waals surface area contributed by atoms with Crippen LogP contribution in [-0.2, 0) is 4.79 Å². The second kappa shape index (κ2) is 5.20. The summed E-state index contributed by atoms with van der Waals surface area (Å²) in [7, 11) is 0. The van der Waals surface area contributed by atoms with Gasteiger partial charge in [0.05, 0.1) is 11.6 Å². The first-order valence-corrected chi connectivity index (χ1v) is 6.00. The van der Waals surface area contributed by atoms with Gasteiger partial charge in [0.1, 0.15) is 0 Å². The van der Waals surface area contributed by atoms with Gasteiger partial charge in [-0.25, -0.2) is 4.98 Å². The van der Waals surface area contributed by atoms with Gasteiger partial charge in [0.25, 0.3) is 5.91 Å². The van der Waals surface area contributed by atoms with Crippen molar-refractivity contribution in [2.45, 2.75) is 26.2 Å². The summed E-state index contributed by atoms with van der Waals surface area (Å²) < 4.78 is 4.98. The summed E-state index contributed by atoms with van der Waals surface area (Å²) in [4.78, 5) is 26.6. The standard InChI is InChI=1S/C12H16N2O4/c1-7-10(18-6-14-7)11(15)13-5-8-3-2-4-9(8)12(16)17/h6,8-9H,2-5H2,1H3,(H,13,15)(H,16,17). The number of amides is 1. The summed E-state index contributed by atoms with van der Waals surface area (Å²) in [6.07, 6.45) is 3.66. The number of aliphatic carboxylic acids is 1. The Balaban J connectivity index is 1.90. The largest absolute Gasteiger partial charge is 0.481 e. The van der Waals surface area contributed by atoms with Crippen molar-refractivity contribution < 1.29 is 19.1 Å². The lowest BCUT2D eigenvalue weighted by Gasteiger charge is -2.15. The molecule has 18 heavy (non-hydrogen) atoms. The molecule has 1 aliphatic rings. The van der Waals surface area contributed by atoms with E-state index in [1.165, 1.54) is 6.39 Å². The molecule has 1 heterocycles. The fraction of sp³-hybridized carbons (Fsp3) is 0.583. The molecule has 1 aromatic rings. The first-order chi connectivity index (χ1) is 8.59.